The molecule has 1 nitrogen and oxygen atoms in total. The van der Waals surface area contributed by atoms with E-state index < -0.39 is 0 Å². The lowest BCUT2D eigenvalue weighted by atomic mass is 9.71. The average molecular weight is 199 g/mol. The summed E-state index contributed by atoms with van der Waals surface area (Å²) in [4.78, 5) is 0. The Morgan fingerprint density at radius 2 is 1.64 bits per heavy atom. The van der Waals surface area contributed by atoms with Gasteiger partial charge in [0.05, 0.1) is 0 Å². The Kier molecular flexibility index (Phi) is 7.26. The van der Waals surface area contributed by atoms with Crippen molar-refractivity contribution >= 4 is 0 Å². The van der Waals surface area contributed by atoms with Crippen LogP contribution in [0.15, 0.2) is 0 Å². The highest BCUT2D eigenvalue weighted by molar-refractivity contribution is 4.99. The van der Waals surface area contributed by atoms with Gasteiger partial charge in [-0.05, 0) is 31.7 Å². The van der Waals surface area contributed by atoms with Crippen molar-refractivity contribution in [1.29, 1.82) is 0 Å². The molecule has 0 aromatic carbocycles. The molecule has 1 aliphatic carbocycles. The molecule has 1 saturated carbocycles. The summed E-state index contributed by atoms with van der Waals surface area (Å²) in [7, 11) is 0. The van der Waals surface area contributed by atoms with E-state index in [1.54, 1.807) is 0 Å². The van der Waals surface area contributed by atoms with E-state index in [4.69, 9.17) is 0 Å². The van der Waals surface area contributed by atoms with Crippen molar-refractivity contribution in [1.82, 2.24) is 5.32 Å². The summed E-state index contributed by atoms with van der Waals surface area (Å²) < 4.78 is 0. The van der Waals surface area contributed by atoms with Crippen molar-refractivity contribution in [3.05, 3.63) is 0 Å². The van der Waals surface area contributed by atoms with Gasteiger partial charge in [0.25, 0.3) is 0 Å². The van der Waals surface area contributed by atoms with Gasteiger partial charge in [-0.1, -0.05) is 47.5 Å². The molecule has 0 bridgehead atoms. The van der Waals surface area contributed by atoms with Crippen molar-refractivity contribution in [3.63, 3.8) is 0 Å². The summed E-state index contributed by atoms with van der Waals surface area (Å²) in [5, 5.41) is 3.59. The molecule has 2 unspecified atom stereocenters. The molecule has 1 heterocycles. The molecule has 2 aliphatic rings. The van der Waals surface area contributed by atoms with Gasteiger partial charge < -0.3 is 5.32 Å². The fourth-order valence-corrected chi connectivity index (χ4v) is 2.53. The molecule has 86 valence electrons. The number of hydrogen-bond acceptors (Lipinski definition) is 1. The van der Waals surface area contributed by atoms with Crippen LogP contribution in [-0.2, 0) is 0 Å². The molecular formula is C13H29N. The third kappa shape index (κ3) is 3.61. The molecule has 1 aliphatic heterocycles. The molecule has 2 atom stereocenters. The third-order valence-corrected chi connectivity index (χ3v) is 3.20. The van der Waals surface area contributed by atoms with Crippen molar-refractivity contribution < 1.29 is 0 Å². The Balaban J connectivity index is 0.000000379. The maximum Gasteiger partial charge on any atom is 0.0196 e. The van der Waals surface area contributed by atoms with Crippen LogP contribution in [0.25, 0.3) is 0 Å². The van der Waals surface area contributed by atoms with Crippen LogP contribution >= 0.6 is 0 Å². The predicted octanol–water partition coefficient (Wildman–Crippen LogP) is 3.98. The van der Waals surface area contributed by atoms with E-state index in [0.29, 0.717) is 5.54 Å². The summed E-state index contributed by atoms with van der Waals surface area (Å²) in [6.45, 7) is 11.7. The van der Waals surface area contributed by atoms with Crippen LogP contribution in [0.5, 0.6) is 0 Å². The third-order valence-electron chi connectivity index (χ3n) is 3.20. The topological polar surface area (TPSA) is 12.0 Å². The molecule has 2 fully saturated rings. The van der Waals surface area contributed by atoms with Crippen molar-refractivity contribution in [2.24, 2.45) is 5.92 Å². The molecular weight excluding hydrogens is 170 g/mol. The van der Waals surface area contributed by atoms with E-state index in [1.807, 2.05) is 27.7 Å². The van der Waals surface area contributed by atoms with Gasteiger partial charge in [-0.3, -0.25) is 0 Å². The standard InChI is InChI=1S/C9H17N.2C2H6/c1-8-3-2-4-9(7-8)5-6-10-9;2*1-2/h8,10H,2-7H2,1H3;2*1-2H3. The summed E-state index contributed by atoms with van der Waals surface area (Å²) in [5.41, 5.74) is 0.623. The fraction of sp³-hybridized carbons (Fsp3) is 1.00. The molecule has 2 rings (SSSR count). The summed E-state index contributed by atoms with van der Waals surface area (Å²) in [6, 6.07) is 0. The lowest BCUT2D eigenvalue weighted by Crippen LogP contribution is -2.58. The number of rotatable bonds is 0. The zero-order valence-electron chi connectivity index (χ0n) is 10.8. The van der Waals surface area contributed by atoms with Gasteiger partial charge >= 0.3 is 0 Å². The summed E-state index contributed by atoms with van der Waals surface area (Å²) >= 11 is 0. The van der Waals surface area contributed by atoms with Gasteiger partial charge in [0, 0.05) is 5.54 Å². The van der Waals surface area contributed by atoms with E-state index in [-0.39, 0.29) is 0 Å². The molecule has 1 spiro atoms. The SMILES string of the molecule is CC.CC.CC1CCCC2(CCN2)C1. The zero-order chi connectivity index (χ0) is 11.0. The van der Waals surface area contributed by atoms with Gasteiger partial charge in [0.2, 0.25) is 0 Å². The van der Waals surface area contributed by atoms with Crippen LogP contribution in [0.4, 0.5) is 0 Å². The zero-order valence-corrected chi connectivity index (χ0v) is 10.8. The fourth-order valence-electron chi connectivity index (χ4n) is 2.53. The van der Waals surface area contributed by atoms with Crippen LogP contribution in [0, 0.1) is 5.92 Å². The van der Waals surface area contributed by atoms with E-state index in [0.717, 1.165) is 5.92 Å². The first kappa shape index (κ1) is 14.0. The molecule has 1 saturated heterocycles. The smallest absolute Gasteiger partial charge is 0.0196 e. The quantitative estimate of drug-likeness (QED) is 0.622. The second kappa shape index (κ2) is 7.28. The van der Waals surface area contributed by atoms with Crippen LogP contribution < -0.4 is 5.32 Å². The second-order valence-electron chi connectivity index (χ2n) is 4.16. The first-order chi connectivity index (χ1) is 6.81. The van der Waals surface area contributed by atoms with Gasteiger partial charge in [0.15, 0.2) is 0 Å². The average Bonchev–Trinajstić information content (AvgIpc) is 2.22. The van der Waals surface area contributed by atoms with Crippen molar-refractivity contribution in [2.45, 2.75) is 72.3 Å². The van der Waals surface area contributed by atoms with Crippen molar-refractivity contribution in [2.75, 3.05) is 6.54 Å². The van der Waals surface area contributed by atoms with Crippen LogP contribution in [0.3, 0.4) is 0 Å². The Hall–Kier alpha value is -0.0400. The first-order valence-electron chi connectivity index (χ1n) is 6.56. The largest absolute Gasteiger partial charge is 0.311 e. The van der Waals surface area contributed by atoms with Gasteiger partial charge in [-0.15, -0.1) is 0 Å². The van der Waals surface area contributed by atoms with E-state index in [1.165, 1.54) is 38.6 Å². The van der Waals surface area contributed by atoms with E-state index in [2.05, 4.69) is 12.2 Å². The second-order valence-corrected chi connectivity index (χ2v) is 4.16. The van der Waals surface area contributed by atoms with Crippen LogP contribution in [0.2, 0.25) is 0 Å². The van der Waals surface area contributed by atoms with Crippen LogP contribution in [0.1, 0.15) is 66.7 Å². The normalized spacial score (nSPS) is 34.5. The molecule has 0 amide bonds. The summed E-state index contributed by atoms with van der Waals surface area (Å²) in [5.74, 6) is 0.974. The Morgan fingerprint density at radius 3 is 1.93 bits per heavy atom. The Labute approximate surface area is 90.7 Å². The minimum absolute atomic E-state index is 0.623. The molecule has 0 aromatic heterocycles. The van der Waals surface area contributed by atoms with Crippen molar-refractivity contribution in [3.8, 4) is 0 Å². The highest BCUT2D eigenvalue weighted by Crippen LogP contribution is 2.38. The minimum atomic E-state index is 0.623. The monoisotopic (exact) mass is 199 g/mol. The number of hydrogen-bond donors (Lipinski definition) is 1. The molecule has 1 heteroatoms. The molecule has 0 radical (unpaired) electrons. The number of nitrogens with one attached hydrogen (secondary N) is 1. The first-order valence-corrected chi connectivity index (χ1v) is 6.56. The van der Waals surface area contributed by atoms with Gasteiger partial charge in [-0.2, -0.15) is 0 Å². The Morgan fingerprint density at radius 1 is 1.07 bits per heavy atom. The molecule has 1 N–H and O–H groups in total. The van der Waals surface area contributed by atoms with Crippen LogP contribution in [-0.4, -0.2) is 12.1 Å². The maximum absolute atomic E-state index is 3.59. The van der Waals surface area contributed by atoms with E-state index in [9.17, 15) is 0 Å². The van der Waals surface area contributed by atoms with E-state index >= 15 is 0 Å². The maximum atomic E-state index is 3.59. The molecule has 0 aromatic rings. The minimum Gasteiger partial charge on any atom is -0.311 e. The highest BCUT2D eigenvalue weighted by Gasteiger charge is 2.39. The lowest BCUT2D eigenvalue weighted by Gasteiger charge is -2.48. The highest BCUT2D eigenvalue weighted by atomic mass is 15.0. The summed E-state index contributed by atoms with van der Waals surface area (Å²) in [6.07, 6.45) is 7.24. The lowest BCUT2D eigenvalue weighted by molar-refractivity contribution is 0.114. The van der Waals surface area contributed by atoms with Gasteiger partial charge in [-0.25, -0.2) is 0 Å². The predicted molar refractivity (Wildman–Crippen MR) is 65.7 cm³/mol. The Bertz CT molecular complexity index is 127. The molecule has 14 heavy (non-hydrogen) atoms. The van der Waals surface area contributed by atoms with Gasteiger partial charge in [0.1, 0.15) is 0 Å².